The van der Waals surface area contributed by atoms with Crippen molar-refractivity contribution >= 4 is 5.97 Å². The minimum atomic E-state index is -0.687. The van der Waals surface area contributed by atoms with Gasteiger partial charge < -0.3 is 10.4 Å². The maximum Gasteiger partial charge on any atom is 0.304 e. The minimum Gasteiger partial charge on any atom is -0.481 e. The van der Waals surface area contributed by atoms with E-state index in [-0.39, 0.29) is 12.5 Å². The predicted molar refractivity (Wildman–Crippen MR) is 56.2 cm³/mol. The molecule has 2 N–H and O–H groups in total. The lowest BCUT2D eigenvalue weighted by Gasteiger charge is -2.30. The maximum absolute atomic E-state index is 10.6. The third-order valence-corrected chi connectivity index (χ3v) is 2.83. The Balaban J connectivity index is 2.32. The molecular weight excluding hydrogens is 178 g/mol. The number of carboxylic acid groups (broad SMARTS) is 1. The zero-order valence-corrected chi connectivity index (χ0v) is 9.12. The smallest absolute Gasteiger partial charge is 0.304 e. The summed E-state index contributed by atoms with van der Waals surface area (Å²) in [7, 11) is 0. The van der Waals surface area contributed by atoms with Gasteiger partial charge in [-0.25, -0.2) is 0 Å². The molecule has 0 saturated carbocycles. The summed E-state index contributed by atoms with van der Waals surface area (Å²) in [6.07, 6.45) is 3.74. The molecule has 0 spiro atoms. The van der Waals surface area contributed by atoms with Crippen molar-refractivity contribution in [1.29, 1.82) is 0 Å². The van der Waals surface area contributed by atoms with Gasteiger partial charge in [0.25, 0.3) is 0 Å². The summed E-state index contributed by atoms with van der Waals surface area (Å²) >= 11 is 0. The Hall–Kier alpha value is -0.570. The predicted octanol–water partition coefficient (Wildman–Crippen LogP) is 1.88. The zero-order valence-electron chi connectivity index (χ0n) is 9.12. The lowest BCUT2D eigenvalue weighted by Crippen LogP contribution is -2.39. The second-order valence-electron chi connectivity index (χ2n) is 4.77. The van der Waals surface area contributed by atoms with E-state index < -0.39 is 5.97 Å². The summed E-state index contributed by atoms with van der Waals surface area (Å²) in [5.74, 6) is 0.761. The third-order valence-electron chi connectivity index (χ3n) is 2.83. The van der Waals surface area contributed by atoms with Crippen LogP contribution in [-0.4, -0.2) is 23.7 Å². The van der Waals surface area contributed by atoms with Crippen LogP contribution in [0.5, 0.6) is 0 Å². The lowest BCUT2D eigenvalue weighted by molar-refractivity contribution is -0.137. The van der Waals surface area contributed by atoms with E-state index >= 15 is 0 Å². The van der Waals surface area contributed by atoms with Crippen molar-refractivity contribution in [2.24, 2.45) is 11.8 Å². The van der Waals surface area contributed by atoms with E-state index in [0.717, 1.165) is 24.8 Å². The SMILES string of the molecule is CC(C)CC1CCNC(CC(=O)O)C1. The monoisotopic (exact) mass is 199 g/mol. The van der Waals surface area contributed by atoms with Crippen molar-refractivity contribution in [1.82, 2.24) is 5.32 Å². The summed E-state index contributed by atoms with van der Waals surface area (Å²) in [5, 5.41) is 12.0. The number of carbonyl (C=O) groups is 1. The van der Waals surface area contributed by atoms with E-state index in [0.29, 0.717) is 0 Å². The molecule has 14 heavy (non-hydrogen) atoms. The van der Waals surface area contributed by atoms with Gasteiger partial charge in [-0.3, -0.25) is 4.79 Å². The number of aliphatic carboxylic acids is 1. The maximum atomic E-state index is 10.6. The van der Waals surface area contributed by atoms with Crippen molar-refractivity contribution in [2.75, 3.05) is 6.54 Å². The first kappa shape index (κ1) is 11.5. The standard InChI is InChI=1S/C11H21NO2/c1-8(2)5-9-3-4-12-10(6-9)7-11(13)14/h8-10,12H,3-7H2,1-2H3,(H,13,14). The molecule has 0 aromatic carbocycles. The summed E-state index contributed by atoms with van der Waals surface area (Å²) in [6, 6.07) is 0.199. The number of nitrogens with one attached hydrogen (secondary N) is 1. The number of rotatable bonds is 4. The Labute approximate surface area is 85.9 Å². The molecule has 0 bridgehead atoms. The van der Waals surface area contributed by atoms with Crippen molar-refractivity contribution in [2.45, 2.75) is 45.6 Å². The number of piperidine rings is 1. The van der Waals surface area contributed by atoms with Crippen LogP contribution in [0, 0.1) is 11.8 Å². The number of hydrogen-bond acceptors (Lipinski definition) is 2. The Morgan fingerprint density at radius 1 is 1.57 bits per heavy atom. The molecule has 1 saturated heterocycles. The second kappa shape index (κ2) is 5.35. The first-order valence-corrected chi connectivity index (χ1v) is 5.53. The number of hydrogen-bond donors (Lipinski definition) is 2. The highest BCUT2D eigenvalue weighted by Crippen LogP contribution is 2.24. The van der Waals surface area contributed by atoms with Gasteiger partial charge >= 0.3 is 5.97 Å². The summed E-state index contributed by atoms with van der Waals surface area (Å²) in [4.78, 5) is 10.6. The van der Waals surface area contributed by atoms with Gasteiger partial charge in [0, 0.05) is 6.04 Å². The van der Waals surface area contributed by atoms with E-state index in [4.69, 9.17) is 5.11 Å². The second-order valence-corrected chi connectivity index (χ2v) is 4.77. The van der Waals surface area contributed by atoms with Crippen LogP contribution in [0.15, 0.2) is 0 Å². The average Bonchev–Trinajstić information content (AvgIpc) is 2.01. The molecule has 3 heteroatoms. The highest BCUT2D eigenvalue weighted by atomic mass is 16.4. The van der Waals surface area contributed by atoms with Gasteiger partial charge in [0.15, 0.2) is 0 Å². The highest BCUT2D eigenvalue weighted by Gasteiger charge is 2.23. The Morgan fingerprint density at radius 3 is 2.86 bits per heavy atom. The molecule has 0 amide bonds. The lowest BCUT2D eigenvalue weighted by atomic mass is 9.85. The minimum absolute atomic E-state index is 0.199. The van der Waals surface area contributed by atoms with E-state index in [1.165, 1.54) is 12.8 Å². The quantitative estimate of drug-likeness (QED) is 0.726. The molecule has 82 valence electrons. The average molecular weight is 199 g/mol. The van der Waals surface area contributed by atoms with Crippen LogP contribution >= 0.6 is 0 Å². The van der Waals surface area contributed by atoms with Gasteiger partial charge in [0.05, 0.1) is 6.42 Å². The van der Waals surface area contributed by atoms with Crippen LogP contribution in [0.2, 0.25) is 0 Å². The Morgan fingerprint density at radius 2 is 2.29 bits per heavy atom. The first-order valence-electron chi connectivity index (χ1n) is 5.53. The van der Waals surface area contributed by atoms with Crippen LogP contribution in [0.4, 0.5) is 0 Å². The van der Waals surface area contributed by atoms with Gasteiger partial charge in [-0.2, -0.15) is 0 Å². The van der Waals surface area contributed by atoms with E-state index in [1.54, 1.807) is 0 Å². The molecule has 0 aliphatic carbocycles. The van der Waals surface area contributed by atoms with Gasteiger partial charge in [0.1, 0.15) is 0 Å². The normalized spacial score (nSPS) is 27.9. The Kier molecular flexibility index (Phi) is 4.39. The van der Waals surface area contributed by atoms with Crippen LogP contribution in [-0.2, 0) is 4.79 Å². The molecular formula is C11H21NO2. The highest BCUT2D eigenvalue weighted by molar-refractivity contribution is 5.67. The van der Waals surface area contributed by atoms with Crippen LogP contribution < -0.4 is 5.32 Å². The molecule has 0 radical (unpaired) electrons. The van der Waals surface area contributed by atoms with E-state index in [9.17, 15) is 4.79 Å². The summed E-state index contributed by atoms with van der Waals surface area (Å²) < 4.78 is 0. The molecule has 0 aromatic rings. The van der Waals surface area contributed by atoms with E-state index in [1.807, 2.05) is 0 Å². The van der Waals surface area contributed by atoms with Crippen LogP contribution in [0.3, 0.4) is 0 Å². The Bertz CT molecular complexity index is 192. The fourth-order valence-corrected chi connectivity index (χ4v) is 2.34. The van der Waals surface area contributed by atoms with Crippen molar-refractivity contribution in [3.63, 3.8) is 0 Å². The van der Waals surface area contributed by atoms with E-state index in [2.05, 4.69) is 19.2 Å². The van der Waals surface area contributed by atoms with Crippen molar-refractivity contribution in [3.8, 4) is 0 Å². The van der Waals surface area contributed by atoms with Gasteiger partial charge in [-0.15, -0.1) is 0 Å². The topological polar surface area (TPSA) is 49.3 Å². The fraction of sp³-hybridized carbons (Fsp3) is 0.909. The summed E-state index contributed by atoms with van der Waals surface area (Å²) in [6.45, 7) is 5.44. The molecule has 2 unspecified atom stereocenters. The summed E-state index contributed by atoms with van der Waals surface area (Å²) in [5.41, 5.74) is 0. The van der Waals surface area contributed by atoms with Crippen molar-refractivity contribution in [3.05, 3.63) is 0 Å². The molecule has 1 rings (SSSR count). The molecule has 2 atom stereocenters. The molecule has 0 aromatic heterocycles. The van der Waals surface area contributed by atoms with Crippen LogP contribution in [0.25, 0.3) is 0 Å². The van der Waals surface area contributed by atoms with Crippen LogP contribution in [0.1, 0.15) is 39.5 Å². The van der Waals surface area contributed by atoms with Gasteiger partial charge in [-0.05, 0) is 37.6 Å². The molecule has 1 aliphatic rings. The zero-order chi connectivity index (χ0) is 10.6. The first-order chi connectivity index (χ1) is 6.58. The third kappa shape index (κ3) is 4.09. The van der Waals surface area contributed by atoms with Crippen molar-refractivity contribution < 1.29 is 9.90 Å². The molecule has 1 fully saturated rings. The molecule has 3 nitrogen and oxygen atoms in total. The van der Waals surface area contributed by atoms with Gasteiger partial charge in [0.2, 0.25) is 0 Å². The largest absolute Gasteiger partial charge is 0.481 e. The number of carboxylic acids is 1. The molecule has 1 aliphatic heterocycles. The molecule has 1 heterocycles. The van der Waals surface area contributed by atoms with Gasteiger partial charge in [-0.1, -0.05) is 13.8 Å². The fourth-order valence-electron chi connectivity index (χ4n) is 2.34.